The van der Waals surface area contributed by atoms with Crippen LogP contribution < -0.4 is 10.5 Å². The summed E-state index contributed by atoms with van der Waals surface area (Å²) in [5.74, 6) is 0.330. The number of aromatic amines is 1. The van der Waals surface area contributed by atoms with E-state index in [-0.39, 0.29) is 11.5 Å². The second-order valence-electron chi connectivity index (χ2n) is 4.36. The van der Waals surface area contributed by atoms with Crippen LogP contribution in [0.4, 0.5) is 5.69 Å². The zero-order chi connectivity index (χ0) is 14.2. The summed E-state index contributed by atoms with van der Waals surface area (Å²) in [6.45, 7) is 3.28. The monoisotopic (exact) mass is 260 g/mol. The molecule has 0 saturated heterocycles. The standard InChI is InChI=1S/C14H16N2O3/c1-7-12(8(2)17)13(15)14(16-7)9-4-5-10(18)11(6-9)19-3/h4-6,16,18H,15H2,1-3H3. The molecule has 2 aromatic rings. The summed E-state index contributed by atoms with van der Waals surface area (Å²) in [6.07, 6.45) is 0. The molecular weight excluding hydrogens is 244 g/mol. The first-order valence-corrected chi connectivity index (χ1v) is 5.82. The first-order chi connectivity index (χ1) is 8.95. The molecule has 0 amide bonds. The van der Waals surface area contributed by atoms with Gasteiger partial charge in [-0.15, -0.1) is 0 Å². The molecule has 2 rings (SSSR count). The minimum atomic E-state index is -0.0803. The number of aryl methyl sites for hydroxylation is 1. The van der Waals surface area contributed by atoms with Crippen molar-refractivity contribution < 1.29 is 14.6 Å². The van der Waals surface area contributed by atoms with Gasteiger partial charge in [0.15, 0.2) is 17.3 Å². The molecular formula is C14H16N2O3. The number of methoxy groups -OCH3 is 1. The Balaban J connectivity index is 2.60. The van der Waals surface area contributed by atoms with Crippen molar-refractivity contribution in [1.29, 1.82) is 0 Å². The average molecular weight is 260 g/mol. The van der Waals surface area contributed by atoms with Crippen molar-refractivity contribution in [3.05, 3.63) is 29.5 Å². The molecule has 0 radical (unpaired) electrons. The van der Waals surface area contributed by atoms with Crippen molar-refractivity contribution in [3.63, 3.8) is 0 Å². The number of phenols is 1. The third-order valence-corrected chi connectivity index (χ3v) is 3.05. The average Bonchev–Trinajstić information content (AvgIpc) is 2.65. The molecule has 0 unspecified atom stereocenters. The van der Waals surface area contributed by atoms with Crippen LogP contribution in [0, 0.1) is 6.92 Å². The highest BCUT2D eigenvalue weighted by Gasteiger charge is 2.17. The summed E-state index contributed by atoms with van der Waals surface area (Å²) in [6, 6.07) is 4.90. The Bertz CT molecular complexity index is 644. The fourth-order valence-electron chi connectivity index (χ4n) is 2.16. The summed E-state index contributed by atoms with van der Waals surface area (Å²) in [7, 11) is 1.48. The van der Waals surface area contributed by atoms with Crippen LogP contribution in [-0.2, 0) is 0 Å². The van der Waals surface area contributed by atoms with E-state index < -0.39 is 0 Å². The fourth-order valence-corrected chi connectivity index (χ4v) is 2.16. The van der Waals surface area contributed by atoms with Crippen LogP contribution in [0.15, 0.2) is 18.2 Å². The Labute approximate surface area is 111 Å². The largest absolute Gasteiger partial charge is 0.504 e. The number of Topliss-reactive ketones (excluding diaryl/α,β-unsaturated/α-hetero) is 1. The molecule has 1 aromatic heterocycles. The summed E-state index contributed by atoms with van der Waals surface area (Å²) >= 11 is 0. The Kier molecular flexibility index (Phi) is 3.21. The second kappa shape index (κ2) is 4.68. The number of carbonyl (C=O) groups excluding carboxylic acids is 1. The lowest BCUT2D eigenvalue weighted by Crippen LogP contribution is -1.98. The molecule has 0 aliphatic rings. The van der Waals surface area contributed by atoms with Gasteiger partial charge in [-0.2, -0.15) is 0 Å². The second-order valence-corrected chi connectivity index (χ2v) is 4.36. The lowest BCUT2D eigenvalue weighted by atomic mass is 10.1. The Morgan fingerprint density at radius 2 is 2.11 bits per heavy atom. The van der Waals surface area contributed by atoms with Crippen molar-refractivity contribution in [2.75, 3.05) is 12.8 Å². The van der Waals surface area contributed by atoms with Gasteiger partial charge in [0.2, 0.25) is 0 Å². The summed E-state index contributed by atoms with van der Waals surface area (Å²) < 4.78 is 5.06. The third kappa shape index (κ3) is 2.14. The maximum atomic E-state index is 11.5. The minimum absolute atomic E-state index is 0.0555. The number of nitrogen functional groups attached to an aromatic ring is 1. The van der Waals surface area contributed by atoms with Crippen LogP contribution in [0.25, 0.3) is 11.3 Å². The predicted molar refractivity (Wildman–Crippen MR) is 73.6 cm³/mol. The predicted octanol–water partition coefficient (Wildman–Crippen LogP) is 2.49. The number of hydrogen-bond acceptors (Lipinski definition) is 4. The van der Waals surface area contributed by atoms with E-state index in [2.05, 4.69) is 4.98 Å². The summed E-state index contributed by atoms with van der Waals surface area (Å²) in [5, 5.41) is 9.58. The summed E-state index contributed by atoms with van der Waals surface area (Å²) in [4.78, 5) is 14.6. The third-order valence-electron chi connectivity index (χ3n) is 3.05. The van der Waals surface area contributed by atoms with E-state index in [9.17, 15) is 9.90 Å². The number of benzene rings is 1. The van der Waals surface area contributed by atoms with Gasteiger partial charge in [0.05, 0.1) is 24.1 Å². The van der Waals surface area contributed by atoms with Crippen molar-refractivity contribution in [2.24, 2.45) is 0 Å². The van der Waals surface area contributed by atoms with Gasteiger partial charge in [-0.25, -0.2) is 0 Å². The van der Waals surface area contributed by atoms with E-state index in [0.717, 1.165) is 11.3 Å². The number of carbonyl (C=O) groups is 1. The SMILES string of the molecule is COc1cc(-c2[nH]c(C)c(C(C)=O)c2N)ccc1O. The fraction of sp³-hybridized carbons (Fsp3) is 0.214. The smallest absolute Gasteiger partial charge is 0.163 e. The van der Waals surface area contributed by atoms with Crippen molar-refractivity contribution in [2.45, 2.75) is 13.8 Å². The first-order valence-electron chi connectivity index (χ1n) is 5.82. The number of hydrogen-bond donors (Lipinski definition) is 3. The van der Waals surface area contributed by atoms with E-state index in [1.54, 1.807) is 19.1 Å². The molecule has 0 spiro atoms. The number of ketones is 1. The molecule has 5 heteroatoms. The number of nitrogens with two attached hydrogens (primary N) is 1. The van der Waals surface area contributed by atoms with Gasteiger partial charge >= 0.3 is 0 Å². The number of anilines is 1. The summed E-state index contributed by atoms with van der Waals surface area (Å²) in [5.41, 5.74) is 9.06. The van der Waals surface area contributed by atoms with Gasteiger partial charge in [-0.1, -0.05) is 0 Å². The van der Waals surface area contributed by atoms with E-state index in [1.807, 2.05) is 0 Å². The van der Waals surface area contributed by atoms with Crippen LogP contribution in [-0.4, -0.2) is 23.0 Å². The molecule has 0 bridgehead atoms. The molecule has 4 N–H and O–H groups in total. The lowest BCUT2D eigenvalue weighted by Gasteiger charge is -2.06. The van der Waals surface area contributed by atoms with E-state index in [0.29, 0.717) is 22.7 Å². The normalized spacial score (nSPS) is 10.5. The molecule has 0 aliphatic heterocycles. The maximum absolute atomic E-state index is 11.5. The number of aromatic hydroxyl groups is 1. The molecule has 1 aromatic carbocycles. The zero-order valence-electron chi connectivity index (χ0n) is 11.1. The van der Waals surface area contributed by atoms with Gasteiger partial charge in [-0.3, -0.25) is 4.79 Å². The molecule has 19 heavy (non-hydrogen) atoms. The lowest BCUT2D eigenvalue weighted by molar-refractivity contribution is 0.101. The molecule has 0 aliphatic carbocycles. The highest BCUT2D eigenvalue weighted by atomic mass is 16.5. The van der Waals surface area contributed by atoms with Crippen LogP contribution in [0.3, 0.4) is 0 Å². The van der Waals surface area contributed by atoms with Crippen molar-refractivity contribution >= 4 is 11.5 Å². The molecule has 100 valence electrons. The van der Waals surface area contributed by atoms with Gasteiger partial charge in [0.1, 0.15) is 0 Å². The van der Waals surface area contributed by atoms with Crippen LogP contribution in [0.2, 0.25) is 0 Å². The van der Waals surface area contributed by atoms with Crippen LogP contribution in [0.5, 0.6) is 11.5 Å². The number of aromatic nitrogens is 1. The van der Waals surface area contributed by atoms with Gasteiger partial charge < -0.3 is 20.6 Å². The quantitative estimate of drug-likeness (QED) is 0.740. The number of ether oxygens (including phenoxy) is 1. The van der Waals surface area contributed by atoms with Crippen molar-refractivity contribution in [3.8, 4) is 22.8 Å². The van der Waals surface area contributed by atoms with Crippen molar-refractivity contribution in [1.82, 2.24) is 4.98 Å². The topological polar surface area (TPSA) is 88.3 Å². The first kappa shape index (κ1) is 13.0. The van der Waals surface area contributed by atoms with E-state index in [4.69, 9.17) is 10.5 Å². The number of H-pyrrole nitrogens is 1. The van der Waals surface area contributed by atoms with Crippen LogP contribution in [0.1, 0.15) is 23.0 Å². The maximum Gasteiger partial charge on any atom is 0.163 e. The Morgan fingerprint density at radius 3 is 2.63 bits per heavy atom. The molecule has 0 saturated carbocycles. The molecule has 1 heterocycles. The van der Waals surface area contributed by atoms with Crippen LogP contribution >= 0.6 is 0 Å². The van der Waals surface area contributed by atoms with E-state index >= 15 is 0 Å². The van der Waals surface area contributed by atoms with E-state index in [1.165, 1.54) is 20.1 Å². The molecule has 0 fully saturated rings. The Hall–Kier alpha value is -2.43. The van der Waals surface area contributed by atoms with Gasteiger partial charge in [-0.05, 0) is 32.0 Å². The molecule has 5 nitrogen and oxygen atoms in total. The number of rotatable bonds is 3. The highest BCUT2D eigenvalue weighted by molar-refractivity contribution is 6.03. The Morgan fingerprint density at radius 1 is 1.42 bits per heavy atom. The number of phenolic OH excluding ortho intramolecular Hbond substituents is 1. The zero-order valence-corrected chi connectivity index (χ0v) is 11.1. The minimum Gasteiger partial charge on any atom is -0.504 e. The van der Waals surface area contributed by atoms with Gasteiger partial charge in [0.25, 0.3) is 0 Å². The number of nitrogens with one attached hydrogen (secondary N) is 1. The highest BCUT2D eigenvalue weighted by Crippen LogP contribution is 2.35. The van der Waals surface area contributed by atoms with Gasteiger partial charge in [0, 0.05) is 11.3 Å². The molecule has 0 atom stereocenters.